The number of rotatable bonds is 6. The van der Waals surface area contributed by atoms with Crippen LogP contribution in [0.3, 0.4) is 0 Å². The summed E-state index contributed by atoms with van der Waals surface area (Å²) in [6.45, 7) is 1.12. The van der Waals surface area contributed by atoms with E-state index in [9.17, 15) is 9.59 Å². The van der Waals surface area contributed by atoms with E-state index in [1.54, 1.807) is 6.26 Å². The van der Waals surface area contributed by atoms with Crippen molar-refractivity contribution in [2.75, 3.05) is 11.9 Å². The molecule has 0 saturated heterocycles. The van der Waals surface area contributed by atoms with E-state index < -0.39 is 0 Å². The second-order valence-electron chi connectivity index (χ2n) is 8.28. The monoisotopic (exact) mass is 419 g/mol. The van der Waals surface area contributed by atoms with Crippen molar-refractivity contribution in [2.45, 2.75) is 38.6 Å². The Labute approximate surface area is 180 Å². The Kier molecular flexibility index (Phi) is 5.05. The van der Waals surface area contributed by atoms with Crippen LogP contribution >= 0.6 is 0 Å². The maximum absolute atomic E-state index is 13.0. The number of amides is 2. The van der Waals surface area contributed by atoms with Gasteiger partial charge in [-0.3, -0.25) is 14.3 Å². The zero-order valence-corrected chi connectivity index (χ0v) is 17.5. The van der Waals surface area contributed by atoms with Crippen molar-refractivity contribution in [1.82, 2.24) is 19.8 Å². The Balaban J connectivity index is 1.25. The Morgan fingerprint density at radius 3 is 2.81 bits per heavy atom. The predicted molar refractivity (Wildman–Crippen MR) is 114 cm³/mol. The molecule has 1 aliphatic carbocycles. The summed E-state index contributed by atoms with van der Waals surface area (Å²) in [6.07, 6.45) is 5.18. The molecular formula is C23H25N5O3. The molecule has 3 heterocycles. The van der Waals surface area contributed by atoms with Crippen LogP contribution in [0, 0.1) is 5.92 Å². The van der Waals surface area contributed by atoms with Gasteiger partial charge in [0, 0.05) is 54.7 Å². The Morgan fingerprint density at radius 2 is 2.03 bits per heavy atom. The zero-order valence-electron chi connectivity index (χ0n) is 17.5. The van der Waals surface area contributed by atoms with Crippen LogP contribution in [0.5, 0.6) is 0 Å². The molecule has 2 aliphatic rings. The molecule has 160 valence electrons. The fourth-order valence-electron chi connectivity index (χ4n) is 4.14. The van der Waals surface area contributed by atoms with Crippen LogP contribution in [0.2, 0.25) is 0 Å². The minimum atomic E-state index is 0.0326. The third-order valence-corrected chi connectivity index (χ3v) is 6.08. The van der Waals surface area contributed by atoms with E-state index >= 15 is 0 Å². The van der Waals surface area contributed by atoms with Gasteiger partial charge in [-0.05, 0) is 19.3 Å². The smallest absolute Gasteiger partial charge is 0.228 e. The van der Waals surface area contributed by atoms with Crippen LogP contribution < -0.4 is 5.32 Å². The van der Waals surface area contributed by atoms with Gasteiger partial charge in [-0.25, -0.2) is 0 Å². The Morgan fingerprint density at radius 1 is 1.23 bits per heavy atom. The number of nitrogens with zero attached hydrogens (tertiary/aromatic N) is 4. The molecule has 1 fully saturated rings. The maximum atomic E-state index is 13.0. The molecule has 8 heteroatoms. The van der Waals surface area contributed by atoms with Crippen molar-refractivity contribution in [3.05, 3.63) is 53.4 Å². The van der Waals surface area contributed by atoms with Gasteiger partial charge in [0.2, 0.25) is 11.8 Å². The summed E-state index contributed by atoms with van der Waals surface area (Å²) in [5.41, 5.74) is 4.72. The minimum Gasteiger partial charge on any atom is -0.364 e. The first-order valence-electron chi connectivity index (χ1n) is 10.7. The van der Waals surface area contributed by atoms with E-state index in [4.69, 9.17) is 4.52 Å². The van der Waals surface area contributed by atoms with E-state index in [1.165, 1.54) is 0 Å². The van der Waals surface area contributed by atoms with Crippen LogP contribution in [0.15, 0.2) is 41.1 Å². The number of nitrogens with one attached hydrogen (secondary N) is 1. The largest absolute Gasteiger partial charge is 0.364 e. The third-order valence-electron chi connectivity index (χ3n) is 6.08. The van der Waals surface area contributed by atoms with Crippen molar-refractivity contribution < 1.29 is 14.1 Å². The Bertz CT molecular complexity index is 1110. The summed E-state index contributed by atoms with van der Waals surface area (Å²) in [5, 5.41) is 11.6. The number of carbonyl (C=O) groups excluding carboxylic acids is 2. The summed E-state index contributed by atoms with van der Waals surface area (Å²) < 4.78 is 7.00. The average Bonchev–Trinajstić information content (AvgIpc) is 3.47. The van der Waals surface area contributed by atoms with Gasteiger partial charge in [0.15, 0.2) is 5.82 Å². The van der Waals surface area contributed by atoms with Gasteiger partial charge >= 0.3 is 0 Å². The molecule has 2 aromatic heterocycles. The number of benzene rings is 1. The molecule has 0 atom stereocenters. The summed E-state index contributed by atoms with van der Waals surface area (Å²) in [7, 11) is 1.89. The first-order valence-corrected chi connectivity index (χ1v) is 10.7. The van der Waals surface area contributed by atoms with Gasteiger partial charge in [-0.15, -0.1) is 0 Å². The highest BCUT2D eigenvalue weighted by Crippen LogP contribution is 2.32. The highest BCUT2D eigenvalue weighted by atomic mass is 16.5. The molecular weight excluding hydrogens is 394 g/mol. The van der Waals surface area contributed by atoms with E-state index in [2.05, 4.69) is 15.6 Å². The SMILES string of the molecule is Cn1nc(NC(=O)C2CC2)c2c1CCN(C(=O)CCc1conc1-c1ccccc1)C2. The molecule has 2 amide bonds. The van der Waals surface area contributed by atoms with Crippen molar-refractivity contribution in [1.29, 1.82) is 0 Å². The van der Waals surface area contributed by atoms with Crippen LogP contribution in [-0.4, -0.2) is 38.2 Å². The highest BCUT2D eigenvalue weighted by Gasteiger charge is 2.32. The van der Waals surface area contributed by atoms with Crippen molar-refractivity contribution >= 4 is 17.6 Å². The molecule has 3 aromatic rings. The van der Waals surface area contributed by atoms with E-state index in [-0.39, 0.29) is 17.7 Å². The number of hydrogen-bond donors (Lipinski definition) is 1. The van der Waals surface area contributed by atoms with Gasteiger partial charge in [0.25, 0.3) is 0 Å². The van der Waals surface area contributed by atoms with Crippen molar-refractivity contribution in [2.24, 2.45) is 13.0 Å². The summed E-state index contributed by atoms with van der Waals surface area (Å²) >= 11 is 0. The summed E-state index contributed by atoms with van der Waals surface area (Å²) in [5.74, 6) is 0.818. The maximum Gasteiger partial charge on any atom is 0.228 e. The van der Waals surface area contributed by atoms with Gasteiger partial charge < -0.3 is 14.7 Å². The fourth-order valence-corrected chi connectivity index (χ4v) is 4.14. The number of hydrogen-bond acceptors (Lipinski definition) is 5. The van der Waals surface area contributed by atoms with Crippen molar-refractivity contribution in [3.8, 4) is 11.3 Å². The lowest BCUT2D eigenvalue weighted by molar-refractivity contribution is -0.132. The third kappa shape index (κ3) is 3.97. The topological polar surface area (TPSA) is 93.3 Å². The van der Waals surface area contributed by atoms with E-state index in [0.717, 1.165) is 47.3 Å². The molecule has 1 N–H and O–H groups in total. The second-order valence-corrected chi connectivity index (χ2v) is 8.28. The number of aryl methyl sites for hydroxylation is 2. The molecule has 0 bridgehead atoms. The molecule has 0 unspecified atom stereocenters. The van der Waals surface area contributed by atoms with E-state index in [1.807, 2.05) is 47.0 Å². The molecule has 0 radical (unpaired) electrons. The first-order chi connectivity index (χ1) is 15.1. The van der Waals surface area contributed by atoms with Gasteiger partial charge in [0.05, 0.1) is 6.54 Å². The second kappa shape index (κ2) is 8.02. The highest BCUT2D eigenvalue weighted by molar-refractivity contribution is 5.94. The first kappa shape index (κ1) is 19.5. The number of carbonyl (C=O) groups is 2. The van der Waals surface area contributed by atoms with Crippen LogP contribution in [0.25, 0.3) is 11.3 Å². The Hall–Kier alpha value is -3.42. The summed E-state index contributed by atoms with van der Waals surface area (Å²) in [4.78, 5) is 27.0. The number of fused-ring (bicyclic) bond motifs is 1. The molecule has 5 rings (SSSR count). The quantitative estimate of drug-likeness (QED) is 0.663. The van der Waals surface area contributed by atoms with E-state index in [0.29, 0.717) is 31.7 Å². The van der Waals surface area contributed by atoms with Gasteiger partial charge in [-0.1, -0.05) is 35.5 Å². The normalized spacial score (nSPS) is 15.6. The zero-order chi connectivity index (χ0) is 21.4. The average molecular weight is 419 g/mol. The van der Waals surface area contributed by atoms with Crippen LogP contribution in [-0.2, 0) is 36.0 Å². The molecule has 1 aromatic carbocycles. The van der Waals surface area contributed by atoms with Crippen LogP contribution in [0.1, 0.15) is 36.1 Å². The lowest BCUT2D eigenvalue weighted by Crippen LogP contribution is -2.36. The molecule has 1 saturated carbocycles. The van der Waals surface area contributed by atoms with Gasteiger partial charge in [0.1, 0.15) is 12.0 Å². The molecule has 31 heavy (non-hydrogen) atoms. The minimum absolute atomic E-state index is 0.0326. The summed E-state index contributed by atoms with van der Waals surface area (Å²) in [6, 6.07) is 9.83. The molecule has 1 aliphatic heterocycles. The van der Waals surface area contributed by atoms with Crippen LogP contribution in [0.4, 0.5) is 5.82 Å². The molecule has 8 nitrogen and oxygen atoms in total. The fraction of sp³-hybridized carbons (Fsp3) is 0.391. The van der Waals surface area contributed by atoms with Gasteiger partial charge in [-0.2, -0.15) is 5.10 Å². The lowest BCUT2D eigenvalue weighted by atomic mass is 10.0. The molecule has 0 spiro atoms. The predicted octanol–water partition coefficient (Wildman–Crippen LogP) is 2.94. The number of anilines is 1. The van der Waals surface area contributed by atoms with Crippen molar-refractivity contribution in [3.63, 3.8) is 0 Å². The standard InChI is InChI=1S/C23H25N5O3/c1-27-19-11-12-28(13-18(19)22(25-27)24-23(30)16-7-8-16)20(29)10-9-17-14-31-26-21(17)15-5-3-2-4-6-15/h2-6,14,16H,7-13H2,1H3,(H,24,25,30). The lowest BCUT2D eigenvalue weighted by Gasteiger charge is -2.27. The number of aromatic nitrogens is 3.